The van der Waals surface area contributed by atoms with Gasteiger partial charge in [0.05, 0.1) is 12.7 Å². The van der Waals surface area contributed by atoms with Crippen molar-refractivity contribution in [2.75, 3.05) is 5.73 Å². The Hall–Kier alpha value is -1.36. The predicted octanol–water partition coefficient (Wildman–Crippen LogP) is 0.970. The maximum atomic E-state index is 5.42. The first-order chi connectivity index (χ1) is 5.84. The second-order valence-corrected chi connectivity index (χ2v) is 3.21. The Morgan fingerprint density at radius 3 is 3.08 bits per heavy atom. The molecule has 0 saturated carbocycles. The lowest BCUT2D eigenvalue weighted by molar-refractivity contribution is 0.594. The second-order valence-electron chi connectivity index (χ2n) is 2.43. The molecule has 2 aromatic rings. The van der Waals surface area contributed by atoms with Crippen LogP contribution in [0.5, 0.6) is 0 Å². The third kappa shape index (κ3) is 1.45. The Morgan fingerprint density at radius 2 is 2.50 bits per heavy atom. The lowest BCUT2D eigenvalue weighted by Crippen LogP contribution is -2.02. The number of nitrogens with zero attached hydrogens (tertiary/aromatic N) is 3. The van der Waals surface area contributed by atoms with Gasteiger partial charge in [0.2, 0.25) is 0 Å². The van der Waals surface area contributed by atoms with Gasteiger partial charge in [0.1, 0.15) is 0 Å². The van der Waals surface area contributed by atoms with E-state index in [1.165, 1.54) is 5.56 Å². The summed E-state index contributed by atoms with van der Waals surface area (Å²) in [5, 5.41) is 12.0. The molecule has 62 valence electrons. The van der Waals surface area contributed by atoms with Crippen LogP contribution in [0.4, 0.5) is 5.82 Å². The van der Waals surface area contributed by atoms with Crippen LogP contribution in [-0.4, -0.2) is 15.0 Å². The number of nitrogen functional groups attached to an aromatic ring is 1. The molecule has 0 aliphatic rings. The van der Waals surface area contributed by atoms with Crippen LogP contribution < -0.4 is 5.73 Å². The molecule has 12 heavy (non-hydrogen) atoms. The third-order valence-corrected chi connectivity index (χ3v) is 2.19. The summed E-state index contributed by atoms with van der Waals surface area (Å²) < 4.78 is 0. The monoisotopic (exact) mass is 180 g/mol. The van der Waals surface area contributed by atoms with Crippen LogP contribution in [0.1, 0.15) is 5.56 Å². The zero-order chi connectivity index (χ0) is 8.39. The van der Waals surface area contributed by atoms with Crippen LogP contribution in [0.15, 0.2) is 23.0 Å². The Bertz CT molecular complexity index is 351. The topological polar surface area (TPSA) is 56.7 Å². The van der Waals surface area contributed by atoms with Gasteiger partial charge in [-0.2, -0.15) is 21.2 Å². The number of thiophene rings is 1. The normalized spacial score (nSPS) is 10.3. The second kappa shape index (κ2) is 2.94. The van der Waals surface area contributed by atoms with E-state index in [-0.39, 0.29) is 0 Å². The van der Waals surface area contributed by atoms with E-state index >= 15 is 0 Å². The molecule has 0 aliphatic carbocycles. The molecule has 0 spiro atoms. The number of rotatable bonds is 2. The summed E-state index contributed by atoms with van der Waals surface area (Å²) in [6, 6.07) is 2.05. The molecule has 0 aromatic carbocycles. The lowest BCUT2D eigenvalue weighted by Gasteiger charge is -1.94. The van der Waals surface area contributed by atoms with Crippen molar-refractivity contribution in [3.63, 3.8) is 0 Å². The molecular formula is C7H8N4S. The van der Waals surface area contributed by atoms with Crippen molar-refractivity contribution < 1.29 is 0 Å². The van der Waals surface area contributed by atoms with Crippen molar-refractivity contribution in [3.05, 3.63) is 28.6 Å². The summed E-state index contributed by atoms with van der Waals surface area (Å²) in [6.07, 6.45) is 1.55. The standard InChI is InChI=1S/C7H8N4S/c8-7-3-9-11(10-7)4-6-1-2-12-5-6/h1-3,5H,4H2,(H2,8,10). The van der Waals surface area contributed by atoms with E-state index in [0.29, 0.717) is 12.4 Å². The summed E-state index contributed by atoms with van der Waals surface area (Å²) in [4.78, 5) is 1.58. The fourth-order valence-corrected chi connectivity index (χ4v) is 1.59. The van der Waals surface area contributed by atoms with Gasteiger partial charge in [-0.25, -0.2) is 0 Å². The third-order valence-electron chi connectivity index (χ3n) is 1.46. The minimum Gasteiger partial charge on any atom is -0.381 e. The Balaban J connectivity index is 2.14. The van der Waals surface area contributed by atoms with Crippen molar-refractivity contribution >= 4 is 17.2 Å². The number of anilines is 1. The molecule has 2 rings (SSSR count). The summed E-state index contributed by atoms with van der Waals surface area (Å²) in [7, 11) is 0. The van der Waals surface area contributed by atoms with E-state index in [1.54, 1.807) is 22.3 Å². The number of hydrogen-bond acceptors (Lipinski definition) is 4. The van der Waals surface area contributed by atoms with Gasteiger partial charge in [-0.1, -0.05) is 0 Å². The molecule has 2 heterocycles. The molecule has 0 unspecified atom stereocenters. The van der Waals surface area contributed by atoms with E-state index in [4.69, 9.17) is 5.73 Å². The average Bonchev–Trinajstić information content (AvgIpc) is 2.63. The van der Waals surface area contributed by atoms with Crippen molar-refractivity contribution in [2.45, 2.75) is 6.54 Å². The largest absolute Gasteiger partial charge is 0.381 e. The Labute approximate surface area is 73.6 Å². The van der Waals surface area contributed by atoms with Crippen molar-refractivity contribution in [3.8, 4) is 0 Å². The fraction of sp³-hybridized carbons (Fsp3) is 0.143. The minimum atomic E-state index is 0.463. The zero-order valence-electron chi connectivity index (χ0n) is 6.34. The smallest absolute Gasteiger partial charge is 0.165 e. The van der Waals surface area contributed by atoms with Gasteiger partial charge in [-0.05, 0) is 22.4 Å². The summed E-state index contributed by atoms with van der Waals surface area (Å²) in [6.45, 7) is 0.695. The summed E-state index contributed by atoms with van der Waals surface area (Å²) in [5.74, 6) is 0.463. The summed E-state index contributed by atoms with van der Waals surface area (Å²) >= 11 is 1.67. The van der Waals surface area contributed by atoms with Crippen molar-refractivity contribution in [2.24, 2.45) is 0 Å². The van der Waals surface area contributed by atoms with Crippen LogP contribution >= 0.6 is 11.3 Å². The van der Waals surface area contributed by atoms with Gasteiger partial charge >= 0.3 is 0 Å². The molecule has 2 N–H and O–H groups in total. The molecule has 2 aromatic heterocycles. The van der Waals surface area contributed by atoms with Gasteiger partial charge in [0.25, 0.3) is 0 Å². The van der Waals surface area contributed by atoms with E-state index in [1.807, 2.05) is 11.4 Å². The molecule has 0 fully saturated rings. The summed E-state index contributed by atoms with van der Waals surface area (Å²) in [5.41, 5.74) is 6.62. The Morgan fingerprint density at radius 1 is 1.58 bits per heavy atom. The van der Waals surface area contributed by atoms with Crippen LogP contribution in [0.3, 0.4) is 0 Å². The highest BCUT2D eigenvalue weighted by Gasteiger charge is 1.97. The molecule has 0 amide bonds. The maximum absolute atomic E-state index is 5.42. The quantitative estimate of drug-likeness (QED) is 0.749. The van der Waals surface area contributed by atoms with E-state index in [0.717, 1.165) is 0 Å². The maximum Gasteiger partial charge on any atom is 0.165 e. The SMILES string of the molecule is Nc1cnn(Cc2ccsc2)n1. The zero-order valence-corrected chi connectivity index (χ0v) is 7.16. The van der Waals surface area contributed by atoms with E-state index < -0.39 is 0 Å². The number of nitrogens with two attached hydrogens (primary N) is 1. The van der Waals surface area contributed by atoms with Crippen LogP contribution in [0.25, 0.3) is 0 Å². The molecule has 4 nitrogen and oxygen atoms in total. The first-order valence-electron chi connectivity index (χ1n) is 3.51. The molecule has 0 bridgehead atoms. The van der Waals surface area contributed by atoms with Gasteiger partial charge < -0.3 is 5.73 Å². The van der Waals surface area contributed by atoms with Crippen LogP contribution in [0, 0.1) is 0 Å². The van der Waals surface area contributed by atoms with Gasteiger partial charge in [-0.15, -0.1) is 5.10 Å². The highest BCUT2D eigenvalue weighted by Crippen LogP contribution is 2.06. The first kappa shape index (κ1) is 7.30. The number of hydrogen-bond donors (Lipinski definition) is 1. The lowest BCUT2D eigenvalue weighted by atomic mass is 10.3. The van der Waals surface area contributed by atoms with Crippen LogP contribution in [0.2, 0.25) is 0 Å². The molecule has 0 atom stereocenters. The fourth-order valence-electron chi connectivity index (χ4n) is 0.933. The minimum absolute atomic E-state index is 0.463. The van der Waals surface area contributed by atoms with Crippen LogP contribution in [-0.2, 0) is 6.54 Å². The average molecular weight is 180 g/mol. The molecule has 0 aliphatic heterocycles. The van der Waals surface area contributed by atoms with Crippen molar-refractivity contribution in [1.82, 2.24) is 15.0 Å². The molecular weight excluding hydrogens is 172 g/mol. The highest BCUT2D eigenvalue weighted by atomic mass is 32.1. The first-order valence-corrected chi connectivity index (χ1v) is 4.45. The van der Waals surface area contributed by atoms with E-state index in [9.17, 15) is 0 Å². The molecule has 0 saturated heterocycles. The molecule has 5 heteroatoms. The Kier molecular flexibility index (Phi) is 1.79. The predicted molar refractivity (Wildman–Crippen MR) is 47.9 cm³/mol. The van der Waals surface area contributed by atoms with E-state index in [2.05, 4.69) is 15.6 Å². The van der Waals surface area contributed by atoms with Gasteiger partial charge in [0.15, 0.2) is 5.82 Å². The van der Waals surface area contributed by atoms with Gasteiger partial charge in [0, 0.05) is 0 Å². The highest BCUT2D eigenvalue weighted by molar-refractivity contribution is 7.07. The van der Waals surface area contributed by atoms with Crippen molar-refractivity contribution in [1.29, 1.82) is 0 Å². The molecule has 0 radical (unpaired) electrons. The van der Waals surface area contributed by atoms with Gasteiger partial charge in [-0.3, -0.25) is 0 Å². The number of aromatic nitrogens is 3.